The molecule has 0 amide bonds. The van der Waals surface area contributed by atoms with Gasteiger partial charge in [0.05, 0.1) is 22.2 Å². The van der Waals surface area contributed by atoms with Crippen LogP contribution >= 0.6 is 11.6 Å². The Morgan fingerprint density at radius 3 is 2.56 bits per heavy atom. The fraction of sp³-hybridized carbons (Fsp3) is 0.280. The van der Waals surface area contributed by atoms with Crippen molar-refractivity contribution in [3.05, 3.63) is 53.8 Å². The first-order valence-corrected chi connectivity index (χ1v) is 11.6. The monoisotopic (exact) mass is 477 g/mol. The minimum atomic E-state index is -0.732. The Morgan fingerprint density at radius 1 is 1.12 bits per heavy atom. The normalized spacial score (nSPS) is 18.1. The summed E-state index contributed by atoms with van der Waals surface area (Å²) in [6.45, 7) is 0. The summed E-state index contributed by atoms with van der Waals surface area (Å²) in [4.78, 5) is 27.7. The Hall–Kier alpha value is -3.65. The van der Waals surface area contributed by atoms with Gasteiger partial charge in [-0.1, -0.05) is 35.9 Å². The molecule has 3 heterocycles. The molecule has 0 aliphatic heterocycles. The third-order valence-electron chi connectivity index (χ3n) is 6.27. The molecular formula is C25H24ClN5O3. The molecule has 3 aromatic heterocycles. The van der Waals surface area contributed by atoms with E-state index in [0.717, 1.165) is 22.4 Å². The summed E-state index contributed by atoms with van der Waals surface area (Å²) in [5.74, 6) is -1.02. The highest BCUT2D eigenvalue weighted by Gasteiger charge is 2.27. The van der Waals surface area contributed by atoms with E-state index in [9.17, 15) is 4.79 Å². The zero-order chi connectivity index (χ0) is 23.7. The molecule has 1 aliphatic rings. The van der Waals surface area contributed by atoms with E-state index in [0.29, 0.717) is 53.6 Å². The number of anilines is 1. The number of carboxylic acid groups (broad SMARTS) is 1. The van der Waals surface area contributed by atoms with Crippen LogP contribution in [0, 0.1) is 5.92 Å². The molecule has 34 heavy (non-hydrogen) atoms. The van der Waals surface area contributed by atoms with E-state index >= 15 is 0 Å². The van der Waals surface area contributed by atoms with Crippen molar-refractivity contribution < 1.29 is 14.6 Å². The van der Waals surface area contributed by atoms with E-state index in [-0.39, 0.29) is 12.0 Å². The average Bonchev–Trinajstić information content (AvgIpc) is 3.24. The molecule has 5 rings (SSSR count). The van der Waals surface area contributed by atoms with Crippen LogP contribution in [0.3, 0.4) is 0 Å². The number of aromatic nitrogens is 4. The smallest absolute Gasteiger partial charge is 0.306 e. The first-order chi connectivity index (χ1) is 16.5. The van der Waals surface area contributed by atoms with Crippen LogP contribution in [0.4, 0.5) is 5.69 Å². The largest absolute Gasteiger partial charge is 0.481 e. The lowest BCUT2D eigenvalue weighted by Crippen LogP contribution is -2.28. The molecule has 0 bridgehead atoms. The van der Waals surface area contributed by atoms with Crippen molar-refractivity contribution in [1.29, 1.82) is 0 Å². The standard InChI is InChI=1S/C25H24ClN5O3/c1-27-20-10-11-28-13-18(20)14-2-4-15(5-3-14)22-19(26)12-21-23(30-22)31-25(29-21)34-17-8-6-16(7-9-17)24(32)33/h2-5,10-13,16-17H,6-9H2,1H3,(H,27,28)(H,32,33)(H,29,30,31). The summed E-state index contributed by atoms with van der Waals surface area (Å²) in [5.41, 5.74) is 5.77. The average molecular weight is 478 g/mol. The van der Waals surface area contributed by atoms with Crippen LogP contribution in [-0.4, -0.2) is 44.2 Å². The van der Waals surface area contributed by atoms with Crippen LogP contribution < -0.4 is 10.1 Å². The lowest BCUT2D eigenvalue weighted by molar-refractivity contribution is -0.143. The van der Waals surface area contributed by atoms with Gasteiger partial charge in [-0.3, -0.25) is 9.78 Å². The number of imidazole rings is 1. The summed E-state index contributed by atoms with van der Waals surface area (Å²) in [6.07, 6.45) is 6.12. The van der Waals surface area contributed by atoms with E-state index in [1.165, 1.54) is 0 Å². The van der Waals surface area contributed by atoms with Crippen LogP contribution in [0.1, 0.15) is 25.7 Å². The van der Waals surface area contributed by atoms with Crippen molar-refractivity contribution in [3.8, 4) is 28.4 Å². The Balaban J connectivity index is 1.36. The highest BCUT2D eigenvalue weighted by molar-refractivity contribution is 6.33. The summed E-state index contributed by atoms with van der Waals surface area (Å²) < 4.78 is 5.99. The number of H-pyrrole nitrogens is 1. The quantitative estimate of drug-likeness (QED) is 0.340. The van der Waals surface area contributed by atoms with Gasteiger partial charge >= 0.3 is 5.97 Å². The van der Waals surface area contributed by atoms with Crippen molar-refractivity contribution in [2.45, 2.75) is 31.8 Å². The van der Waals surface area contributed by atoms with Crippen LogP contribution in [-0.2, 0) is 4.79 Å². The van der Waals surface area contributed by atoms with Gasteiger partial charge in [-0.2, -0.15) is 4.98 Å². The van der Waals surface area contributed by atoms with Crippen molar-refractivity contribution in [2.75, 3.05) is 12.4 Å². The predicted octanol–water partition coefficient (Wildman–Crippen LogP) is 5.40. The second kappa shape index (κ2) is 9.30. The number of aromatic amines is 1. The number of carbonyl (C=O) groups is 1. The molecule has 1 aliphatic carbocycles. The number of aliphatic carboxylic acids is 1. The van der Waals surface area contributed by atoms with Gasteiger partial charge in [0.1, 0.15) is 6.10 Å². The number of rotatable bonds is 6. The van der Waals surface area contributed by atoms with Gasteiger partial charge in [-0.15, -0.1) is 0 Å². The van der Waals surface area contributed by atoms with Crippen molar-refractivity contribution in [1.82, 2.24) is 19.9 Å². The third-order valence-corrected chi connectivity index (χ3v) is 6.55. The number of hydrogen-bond donors (Lipinski definition) is 3. The number of carboxylic acids is 1. The predicted molar refractivity (Wildman–Crippen MR) is 131 cm³/mol. The molecule has 0 atom stereocenters. The minimum Gasteiger partial charge on any atom is -0.481 e. The van der Waals surface area contributed by atoms with E-state index in [4.69, 9.17) is 21.4 Å². The van der Waals surface area contributed by atoms with Gasteiger partial charge in [0.15, 0.2) is 5.65 Å². The van der Waals surface area contributed by atoms with Crippen LogP contribution in [0.5, 0.6) is 6.01 Å². The topological polar surface area (TPSA) is 113 Å². The number of nitrogens with zero attached hydrogens (tertiary/aromatic N) is 3. The molecule has 0 radical (unpaired) electrons. The summed E-state index contributed by atoms with van der Waals surface area (Å²) in [5, 5.41) is 12.9. The zero-order valence-corrected chi connectivity index (χ0v) is 19.3. The van der Waals surface area contributed by atoms with Crippen molar-refractivity contribution >= 4 is 34.4 Å². The lowest BCUT2D eigenvalue weighted by Gasteiger charge is -2.25. The van der Waals surface area contributed by atoms with Gasteiger partial charge in [0.25, 0.3) is 6.01 Å². The van der Waals surface area contributed by atoms with Crippen LogP contribution in [0.25, 0.3) is 33.5 Å². The molecule has 3 N–H and O–H groups in total. The highest BCUT2D eigenvalue weighted by Crippen LogP contribution is 2.33. The summed E-state index contributed by atoms with van der Waals surface area (Å²) >= 11 is 6.56. The zero-order valence-electron chi connectivity index (χ0n) is 18.6. The molecule has 174 valence electrons. The number of ether oxygens (including phenoxy) is 1. The van der Waals surface area contributed by atoms with Crippen LogP contribution in [0.15, 0.2) is 48.8 Å². The first-order valence-electron chi connectivity index (χ1n) is 11.2. The van der Waals surface area contributed by atoms with Gasteiger partial charge in [-0.25, -0.2) is 4.98 Å². The highest BCUT2D eigenvalue weighted by atomic mass is 35.5. The van der Waals surface area contributed by atoms with Crippen molar-refractivity contribution in [2.24, 2.45) is 5.92 Å². The molecule has 8 nitrogen and oxygen atoms in total. The Kier molecular flexibility index (Phi) is 6.06. The molecule has 9 heteroatoms. The number of fused-ring (bicyclic) bond motifs is 1. The Bertz CT molecular complexity index is 1330. The molecule has 4 aromatic rings. The Labute approximate surface area is 201 Å². The molecule has 1 aromatic carbocycles. The maximum absolute atomic E-state index is 11.2. The number of pyridine rings is 2. The first kappa shape index (κ1) is 22.2. The van der Waals surface area contributed by atoms with E-state index in [1.807, 2.05) is 43.6 Å². The summed E-state index contributed by atoms with van der Waals surface area (Å²) in [7, 11) is 1.88. The number of halogens is 1. The fourth-order valence-corrected chi connectivity index (χ4v) is 4.65. The fourth-order valence-electron chi connectivity index (χ4n) is 4.39. The van der Waals surface area contributed by atoms with Gasteiger partial charge in [0.2, 0.25) is 0 Å². The minimum absolute atomic E-state index is 0.0615. The molecule has 1 fully saturated rings. The van der Waals surface area contributed by atoms with Gasteiger partial charge in [-0.05, 0) is 43.4 Å². The Morgan fingerprint density at radius 2 is 1.85 bits per heavy atom. The van der Waals surface area contributed by atoms with Gasteiger partial charge < -0.3 is 20.1 Å². The molecule has 0 spiro atoms. The second-order valence-corrected chi connectivity index (χ2v) is 8.82. The van der Waals surface area contributed by atoms with Gasteiger partial charge in [0, 0.05) is 36.3 Å². The summed E-state index contributed by atoms with van der Waals surface area (Å²) in [6, 6.07) is 12.1. The molecule has 1 saturated carbocycles. The van der Waals surface area contributed by atoms with E-state index in [2.05, 4.69) is 25.3 Å². The maximum Gasteiger partial charge on any atom is 0.306 e. The molecular weight excluding hydrogens is 454 g/mol. The SMILES string of the molecule is CNc1ccncc1-c1ccc(-c2nc3nc(OC4CCC(C(=O)O)CC4)[nH]c3cc2Cl)cc1. The molecule has 0 saturated heterocycles. The number of hydrogen-bond acceptors (Lipinski definition) is 6. The second-order valence-electron chi connectivity index (χ2n) is 8.41. The van der Waals surface area contributed by atoms with Crippen LogP contribution in [0.2, 0.25) is 5.02 Å². The number of benzene rings is 1. The van der Waals surface area contributed by atoms with Crippen molar-refractivity contribution in [3.63, 3.8) is 0 Å². The van der Waals surface area contributed by atoms with E-state index < -0.39 is 5.97 Å². The third kappa shape index (κ3) is 4.41. The molecule has 0 unspecified atom stereocenters. The van der Waals surface area contributed by atoms with E-state index in [1.54, 1.807) is 12.3 Å². The number of nitrogens with one attached hydrogen (secondary N) is 2. The lowest BCUT2D eigenvalue weighted by atomic mass is 9.87. The maximum atomic E-state index is 11.2.